The van der Waals surface area contributed by atoms with E-state index >= 15 is 0 Å². The molecule has 1 amide bonds. The molecule has 1 heterocycles. The van der Waals surface area contributed by atoms with Crippen LogP contribution in [0.4, 0.5) is 5.69 Å². The van der Waals surface area contributed by atoms with Crippen LogP contribution in [0.15, 0.2) is 24.3 Å². The van der Waals surface area contributed by atoms with Crippen molar-refractivity contribution in [1.82, 2.24) is 0 Å². The van der Waals surface area contributed by atoms with Gasteiger partial charge in [-0.15, -0.1) is 0 Å². The number of hydrogen-bond donors (Lipinski definition) is 3. The topological polar surface area (TPSA) is 47.2 Å². The third kappa shape index (κ3) is 5.02. The largest absolute Gasteiger partial charge is 0.497 e. The first-order valence-electron chi connectivity index (χ1n) is 7.82. The highest BCUT2D eigenvalue weighted by atomic mass is 16.5. The molecule has 5 nitrogen and oxygen atoms in total. The predicted octanol–water partition coefficient (Wildman–Crippen LogP) is -1.17. The highest BCUT2D eigenvalue weighted by molar-refractivity contribution is 5.90. The van der Waals surface area contributed by atoms with E-state index in [0.717, 1.165) is 18.0 Å². The number of carbonyl (C=O) groups is 1. The molecule has 1 aromatic rings. The molecule has 0 unspecified atom stereocenters. The molecule has 1 aromatic carbocycles. The van der Waals surface area contributed by atoms with E-state index in [-0.39, 0.29) is 5.91 Å². The first kappa shape index (κ1) is 15.8. The molecule has 1 fully saturated rings. The Morgan fingerprint density at radius 2 is 1.95 bits per heavy atom. The third-order valence-corrected chi connectivity index (χ3v) is 4.22. The maximum Gasteiger partial charge on any atom is 0.230 e. The van der Waals surface area contributed by atoms with Crippen molar-refractivity contribution in [1.29, 1.82) is 0 Å². The first-order valence-corrected chi connectivity index (χ1v) is 7.82. The van der Waals surface area contributed by atoms with Gasteiger partial charge in [-0.3, -0.25) is 4.79 Å². The maximum absolute atomic E-state index is 12.0. The summed E-state index contributed by atoms with van der Waals surface area (Å²) in [6.07, 6.45) is 0.577. The van der Waals surface area contributed by atoms with Crippen molar-refractivity contribution in [3.05, 3.63) is 24.3 Å². The van der Waals surface area contributed by atoms with Gasteiger partial charge in [-0.2, -0.15) is 0 Å². The zero-order valence-corrected chi connectivity index (χ0v) is 13.1. The van der Waals surface area contributed by atoms with Crippen LogP contribution >= 0.6 is 0 Å². The zero-order valence-electron chi connectivity index (χ0n) is 13.1. The summed E-state index contributed by atoms with van der Waals surface area (Å²) in [4.78, 5) is 15.2. The van der Waals surface area contributed by atoms with E-state index in [1.54, 1.807) is 16.9 Å². The van der Waals surface area contributed by atoms with Crippen LogP contribution in [0.3, 0.4) is 0 Å². The van der Waals surface area contributed by atoms with Crippen LogP contribution in [0.2, 0.25) is 0 Å². The van der Waals surface area contributed by atoms with Gasteiger partial charge in [0.15, 0.2) is 0 Å². The number of amides is 1. The molecule has 1 saturated heterocycles. The lowest BCUT2D eigenvalue weighted by Gasteiger charge is -2.28. The van der Waals surface area contributed by atoms with Crippen LogP contribution in [-0.4, -0.2) is 52.3 Å². The van der Waals surface area contributed by atoms with Crippen molar-refractivity contribution in [2.45, 2.75) is 13.3 Å². The molecule has 3 N–H and O–H groups in total. The molecule has 116 valence electrons. The van der Waals surface area contributed by atoms with Crippen LogP contribution in [0.25, 0.3) is 0 Å². The fourth-order valence-corrected chi connectivity index (χ4v) is 2.78. The molecule has 1 aliphatic heterocycles. The second-order valence-corrected chi connectivity index (χ2v) is 5.63. The normalized spacial score (nSPS) is 21.8. The van der Waals surface area contributed by atoms with E-state index in [0.29, 0.717) is 6.42 Å². The van der Waals surface area contributed by atoms with Gasteiger partial charge in [-0.25, -0.2) is 0 Å². The van der Waals surface area contributed by atoms with Crippen LogP contribution < -0.4 is 19.9 Å². The number of rotatable bonds is 6. The molecule has 0 spiro atoms. The van der Waals surface area contributed by atoms with Gasteiger partial charge < -0.3 is 19.9 Å². The van der Waals surface area contributed by atoms with Crippen LogP contribution in [0, 0.1) is 0 Å². The minimum Gasteiger partial charge on any atom is -0.497 e. The van der Waals surface area contributed by atoms with Crippen molar-refractivity contribution in [2.24, 2.45) is 0 Å². The van der Waals surface area contributed by atoms with Crippen molar-refractivity contribution >= 4 is 11.6 Å². The van der Waals surface area contributed by atoms with E-state index in [1.165, 1.54) is 32.7 Å². The van der Waals surface area contributed by atoms with Gasteiger partial charge in [-0.1, -0.05) is 6.07 Å². The number of carbonyl (C=O) groups excluding carboxylic acids is 1. The van der Waals surface area contributed by atoms with Gasteiger partial charge in [0.05, 0.1) is 26.6 Å². The average molecular weight is 293 g/mol. The Morgan fingerprint density at radius 3 is 2.62 bits per heavy atom. The summed E-state index contributed by atoms with van der Waals surface area (Å²) in [6.45, 7) is 9.18. The van der Waals surface area contributed by atoms with Gasteiger partial charge in [0.2, 0.25) is 5.91 Å². The zero-order chi connectivity index (χ0) is 15.1. The fourth-order valence-electron chi connectivity index (χ4n) is 2.78. The van der Waals surface area contributed by atoms with E-state index in [4.69, 9.17) is 4.74 Å². The van der Waals surface area contributed by atoms with Gasteiger partial charge in [0, 0.05) is 11.8 Å². The average Bonchev–Trinajstić information content (AvgIpc) is 2.53. The number of hydrogen-bond acceptors (Lipinski definition) is 2. The number of quaternary nitrogens is 2. The lowest BCUT2D eigenvalue weighted by molar-refractivity contribution is -1.01. The molecule has 0 atom stereocenters. The van der Waals surface area contributed by atoms with E-state index < -0.39 is 0 Å². The highest BCUT2D eigenvalue weighted by Crippen LogP contribution is 2.16. The van der Waals surface area contributed by atoms with Crippen molar-refractivity contribution < 1.29 is 19.3 Å². The third-order valence-electron chi connectivity index (χ3n) is 4.22. The number of ether oxygens (including phenoxy) is 1. The van der Waals surface area contributed by atoms with Crippen molar-refractivity contribution in [2.75, 3.05) is 51.7 Å². The summed E-state index contributed by atoms with van der Waals surface area (Å²) in [7, 11) is 1.63. The lowest BCUT2D eigenvalue weighted by Crippen LogP contribution is -3.28. The van der Waals surface area contributed by atoms with Crippen molar-refractivity contribution in [3.8, 4) is 5.75 Å². The number of benzene rings is 1. The number of methoxy groups -OCH3 is 1. The van der Waals surface area contributed by atoms with E-state index in [1.807, 2.05) is 24.3 Å². The predicted molar refractivity (Wildman–Crippen MR) is 83.0 cm³/mol. The molecule has 21 heavy (non-hydrogen) atoms. The second kappa shape index (κ2) is 8.00. The standard InChI is InChI=1S/C16H25N3O2/c1-3-18-9-11-19(12-10-18)8-7-16(20)17-14-5-4-6-15(13-14)21-2/h4-6,13H,3,7-12H2,1-2H3,(H,17,20)/p+2. The Bertz CT molecular complexity index is 457. The Balaban J connectivity index is 1.72. The molecule has 0 radical (unpaired) electrons. The van der Waals surface area contributed by atoms with Gasteiger partial charge >= 0.3 is 0 Å². The van der Waals surface area contributed by atoms with Crippen LogP contribution in [-0.2, 0) is 4.79 Å². The van der Waals surface area contributed by atoms with Crippen LogP contribution in [0.1, 0.15) is 13.3 Å². The molecule has 2 rings (SSSR count). The maximum atomic E-state index is 12.0. The molecule has 0 saturated carbocycles. The number of nitrogens with one attached hydrogen (secondary N) is 3. The summed E-state index contributed by atoms with van der Waals surface area (Å²) in [6, 6.07) is 7.48. The Labute approximate surface area is 126 Å². The lowest BCUT2D eigenvalue weighted by atomic mass is 10.2. The summed E-state index contributed by atoms with van der Waals surface area (Å²) < 4.78 is 5.15. The summed E-state index contributed by atoms with van der Waals surface area (Å²) in [5.74, 6) is 0.845. The molecule has 0 aromatic heterocycles. The number of piperazine rings is 1. The minimum atomic E-state index is 0.0843. The quantitative estimate of drug-likeness (QED) is 0.619. The molecular weight excluding hydrogens is 266 g/mol. The Kier molecular flexibility index (Phi) is 6.02. The molecule has 1 aliphatic rings. The monoisotopic (exact) mass is 293 g/mol. The van der Waals surface area contributed by atoms with E-state index in [9.17, 15) is 4.79 Å². The summed E-state index contributed by atoms with van der Waals surface area (Å²) in [5.41, 5.74) is 0.801. The van der Waals surface area contributed by atoms with Crippen LogP contribution in [0.5, 0.6) is 5.75 Å². The highest BCUT2D eigenvalue weighted by Gasteiger charge is 2.21. The van der Waals surface area contributed by atoms with Crippen molar-refractivity contribution in [3.63, 3.8) is 0 Å². The minimum absolute atomic E-state index is 0.0843. The molecule has 5 heteroatoms. The second-order valence-electron chi connectivity index (χ2n) is 5.63. The SMILES string of the molecule is CC[NH+]1CC[NH+](CCC(=O)Nc2cccc(OC)c2)CC1. The molecular formula is C16H27N3O2+2. The summed E-state index contributed by atoms with van der Waals surface area (Å²) >= 11 is 0. The van der Waals surface area contributed by atoms with Gasteiger partial charge in [-0.05, 0) is 19.1 Å². The first-order chi connectivity index (χ1) is 10.2. The van der Waals surface area contributed by atoms with Gasteiger partial charge in [0.25, 0.3) is 0 Å². The molecule has 0 bridgehead atoms. The Morgan fingerprint density at radius 1 is 1.24 bits per heavy atom. The van der Waals surface area contributed by atoms with Gasteiger partial charge in [0.1, 0.15) is 31.9 Å². The molecule has 0 aliphatic carbocycles. The summed E-state index contributed by atoms with van der Waals surface area (Å²) in [5, 5.41) is 2.94. The van der Waals surface area contributed by atoms with E-state index in [2.05, 4.69) is 12.2 Å². The number of likely N-dealkylation sites (N-methyl/N-ethyl adjacent to an activating group) is 1. The smallest absolute Gasteiger partial charge is 0.230 e. The fraction of sp³-hybridized carbons (Fsp3) is 0.562. The Hall–Kier alpha value is -1.59. The number of anilines is 1.